The second-order valence-corrected chi connectivity index (χ2v) is 8.47. The number of carbonyl (C=O) groups is 2. The fourth-order valence-electron chi connectivity index (χ4n) is 5.07. The van der Waals surface area contributed by atoms with Crippen LogP contribution < -0.4 is 0 Å². The maximum Gasteiger partial charge on any atom is 0.248 e. The van der Waals surface area contributed by atoms with Gasteiger partial charge in [0, 0.05) is 45.4 Å². The molecule has 0 spiro atoms. The Balaban J connectivity index is 1.55. The smallest absolute Gasteiger partial charge is 0.248 e. The van der Waals surface area contributed by atoms with Gasteiger partial charge in [-0.05, 0) is 25.7 Å². The fraction of sp³-hybridized carbons (Fsp3) is 0.905. The van der Waals surface area contributed by atoms with Crippen molar-refractivity contribution >= 4 is 11.8 Å². The number of carbonyl (C=O) groups excluding carboxylic acids is 2. The second kappa shape index (κ2) is 10.4. The Bertz CT molecular complexity index is 461. The van der Waals surface area contributed by atoms with Crippen LogP contribution in [0.1, 0.15) is 64.2 Å². The van der Waals surface area contributed by atoms with Crippen molar-refractivity contribution in [1.82, 2.24) is 14.7 Å². The highest BCUT2D eigenvalue weighted by Gasteiger charge is 2.33. The third-order valence-electron chi connectivity index (χ3n) is 6.58. The molecule has 0 aromatic rings. The summed E-state index contributed by atoms with van der Waals surface area (Å²) in [4.78, 5) is 31.7. The highest BCUT2D eigenvalue weighted by molar-refractivity contribution is 5.79. The van der Waals surface area contributed by atoms with Crippen LogP contribution in [-0.4, -0.2) is 85.0 Å². The number of hydrogen-bond acceptors (Lipinski definition) is 4. The van der Waals surface area contributed by atoms with E-state index in [0.717, 1.165) is 13.1 Å². The van der Waals surface area contributed by atoms with E-state index in [9.17, 15) is 9.59 Å². The summed E-state index contributed by atoms with van der Waals surface area (Å²) in [6, 6.07) is 0.915. The van der Waals surface area contributed by atoms with Gasteiger partial charge in [-0.15, -0.1) is 0 Å². The average molecular weight is 380 g/mol. The predicted molar refractivity (Wildman–Crippen MR) is 105 cm³/mol. The maximum atomic E-state index is 13.3. The van der Waals surface area contributed by atoms with Crippen LogP contribution in [-0.2, 0) is 14.3 Å². The molecule has 3 aliphatic rings. The minimum atomic E-state index is 0.0505. The molecule has 0 bridgehead atoms. The van der Waals surface area contributed by atoms with Gasteiger partial charge >= 0.3 is 0 Å². The lowest BCUT2D eigenvalue weighted by Gasteiger charge is -2.43. The zero-order chi connectivity index (χ0) is 19.1. The van der Waals surface area contributed by atoms with Gasteiger partial charge in [-0.25, -0.2) is 0 Å². The normalized spacial score (nSPS) is 23.4. The summed E-state index contributed by atoms with van der Waals surface area (Å²) < 4.78 is 4.95. The Morgan fingerprint density at radius 1 is 0.852 bits per heavy atom. The molecule has 0 atom stereocenters. The molecule has 0 unspecified atom stereocenters. The maximum absolute atomic E-state index is 13.3. The molecule has 154 valence electrons. The first kappa shape index (κ1) is 20.6. The Morgan fingerprint density at radius 2 is 1.37 bits per heavy atom. The molecule has 2 amide bonds. The average Bonchev–Trinajstić information content (AvgIpc) is 2.70. The third-order valence-corrected chi connectivity index (χ3v) is 6.58. The Kier molecular flexibility index (Phi) is 7.94. The lowest BCUT2D eigenvalue weighted by molar-refractivity contribution is -0.141. The molecular weight excluding hydrogens is 342 g/mol. The van der Waals surface area contributed by atoms with Crippen LogP contribution >= 0.6 is 0 Å². The molecule has 0 aromatic carbocycles. The van der Waals surface area contributed by atoms with Gasteiger partial charge in [0.15, 0.2) is 0 Å². The van der Waals surface area contributed by atoms with Crippen molar-refractivity contribution in [2.75, 3.05) is 46.4 Å². The molecule has 0 N–H and O–H groups in total. The van der Waals surface area contributed by atoms with E-state index in [1.165, 1.54) is 64.2 Å². The number of methoxy groups -OCH3 is 1. The number of rotatable bonds is 6. The first-order valence-corrected chi connectivity index (χ1v) is 11.0. The van der Waals surface area contributed by atoms with E-state index in [-0.39, 0.29) is 12.5 Å². The molecule has 2 aliphatic carbocycles. The SMILES string of the molecule is COCC(=O)N1CCN(CC(=O)N(C2CCCCC2)C2CCCCC2)CC1. The van der Waals surface area contributed by atoms with Gasteiger partial charge in [0.05, 0.1) is 6.54 Å². The summed E-state index contributed by atoms with van der Waals surface area (Å²) in [6.45, 7) is 3.62. The van der Waals surface area contributed by atoms with Gasteiger partial charge in [0.1, 0.15) is 6.61 Å². The molecule has 6 heteroatoms. The largest absolute Gasteiger partial charge is 0.375 e. The molecule has 3 rings (SSSR count). The molecule has 1 saturated heterocycles. The molecule has 2 saturated carbocycles. The van der Waals surface area contributed by atoms with Gasteiger partial charge in [-0.2, -0.15) is 0 Å². The molecular formula is C21H37N3O3. The Labute approximate surface area is 164 Å². The van der Waals surface area contributed by atoms with E-state index < -0.39 is 0 Å². The van der Waals surface area contributed by atoms with Crippen molar-refractivity contribution in [3.63, 3.8) is 0 Å². The number of ether oxygens (including phenoxy) is 1. The molecule has 0 radical (unpaired) electrons. The summed E-state index contributed by atoms with van der Waals surface area (Å²) in [5.74, 6) is 0.375. The van der Waals surface area contributed by atoms with Crippen molar-refractivity contribution in [3.05, 3.63) is 0 Å². The summed E-state index contributed by atoms with van der Waals surface area (Å²) >= 11 is 0. The number of nitrogens with zero attached hydrogens (tertiary/aromatic N) is 3. The van der Waals surface area contributed by atoms with E-state index in [4.69, 9.17) is 4.74 Å². The second-order valence-electron chi connectivity index (χ2n) is 8.47. The first-order valence-electron chi connectivity index (χ1n) is 11.0. The van der Waals surface area contributed by atoms with Crippen LogP contribution in [0.3, 0.4) is 0 Å². The summed E-state index contributed by atoms with van der Waals surface area (Å²) in [5, 5.41) is 0. The van der Waals surface area contributed by atoms with E-state index >= 15 is 0 Å². The van der Waals surface area contributed by atoms with Crippen LogP contribution in [0.2, 0.25) is 0 Å². The van der Waals surface area contributed by atoms with E-state index in [1.807, 2.05) is 4.90 Å². The number of amides is 2. The lowest BCUT2D eigenvalue weighted by Crippen LogP contribution is -2.55. The monoisotopic (exact) mass is 379 g/mol. The molecule has 1 aliphatic heterocycles. The highest BCUT2D eigenvalue weighted by atomic mass is 16.5. The van der Waals surface area contributed by atoms with Crippen molar-refractivity contribution in [3.8, 4) is 0 Å². The molecule has 6 nitrogen and oxygen atoms in total. The molecule has 0 aromatic heterocycles. The van der Waals surface area contributed by atoms with Crippen molar-refractivity contribution < 1.29 is 14.3 Å². The lowest BCUT2D eigenvalue weighted by atomic mass is 9.88. The summed E-state index contributed by atoms with van der Waals surface area (Å²) in [5.41, 5.74) is 0. The van der Waals surface area contributed by atoms with Crippen molar-refractivity contribution in [2.45, 2.75) is 76.3 Å². The molecule has 27 heavy (non-hydrogen) atoms. The highest BCUT2D eigenvalue weighted by Crippen LogP contribution is 2.30. The summed E-state index contributed by atoms with van der Waals surface area (Å²) in [6.07, 6.45) is 12.4. The molecule has 3 fully saturated rings. The zero-order valence-electron chi connectivity index (χ0n) is 17.0. The minimum Gasteiger partial charge on any atom is -0.375 e. The van der Waals surface area contributed by atoms with E-state index in [1.54, 1.807) is 7.11 Å². The van der Waals surface area contributed by atoms with Crippen LogP contribution in [0, 0.1) is 0 Å². The molecule has 1 heterocycles. The van der Waals surface area contributed by atoms with Crippen LogP contribution in [0.4, 0.5) is 0 Å². The van der Waals surface area contributed by atoms with Crippen molar-refractivity contribution in [2.24, 2.45) is 0 Å². The first-order chi connectivity index (χ1) is 13.2. The predicted octanol–water partition coefficient (Wildman–Crippen LogP) is 2.27. The van der Waals surface area contributed by atoms with Crippen LogP contribution in [0.25, 0.3) is 0 Å². The third kappa shape index (κ3) is 5.67. The van der Waals surface area contributed by atoms with Crippen LogP contribution in [0.15, 0.2) is 0 Å². The van der Waals surface area contributed by atoms with E-state index in [2.05, 4.69) is 9.80 Å². The van der Waals surface area contributed by atoms with Gasteiger partial charge in [0.2, 0.25) is 11.8 Å². The van der Waals surface area contributed by atoms with Gasteiger partial charge in [0.25, 0.3) is 0 Å². The van der Waals surface area contributed by atoms with Gasteiger partial charge in [-0.1, -0.05) is 38.5 Å². The zero-order valence-corrected chi connectivity index (χ0v) is 17.0. The number of piperazine rings is 1. The number of hydrogen-bond donors (Lipinski definition) is 0. The minimum absolute atomic E-state index is 0.0505. The van der Waals surface area contributed by atoms with Gasteiger partial charge in [-0.3, -0.25) is 14.5 Å². The van der Waals surface area contributed by atoms with E-state index in [0.29, 0.717) is 37.6 Å². The van der Waals surface area contributed by atoms with Gasteiger partial charge < -0.3 is 14.5 Å². The standard InChI is InChI=1S/C21H37N3O3/c1-27-17-21(26)23-14-12-22(13-15-23)16-20(25)24(18-8-4-2-5-9-18)19-10-6-3-7-11-19/h18-19H,2-17H2,1H3. The Morgan fingerprint density at radius 3 is 1.85 bits per heavy atom. The topological polar surface area (TPSA) is 53.1 Å². The fourth-order valence-corrected chi connectivity index (χ4v) is 5.07. The Hall–Kier alpha value is -1.14. The summed E-state index contributed by atoms with van der Waals surface area (Å²) in [7, 11) is 1.55. The van der Waals surface area contributed by atoms with Crippen LogP contribution in [0.5, 0.6) is 0 Å². The van der Waals surface area contributed by atoms with Crippen molar-refractivity contribution in [1.29, 1.82) is 0 Å². The quantitative estimate of drug-likeness (QED) is 0.710.